The van der Waals surface area contributed by atoms with Crippen molar-refractivity contribution in [3.63, 3.8) is 0 Å². The molecular weight excluding hydrogens is 248 g/mol. The smallest absolute Gasteiger partial charge is 0.191 e. The predicted molar refractivity (Wildman–Crippen MR) is 87.2 cm³/mol. The van der Waals surface area contributed by atoms with Gasteiger partial charge in [-0.1, -0.05) is 58.0 Å². The van der Waals surface area contributed by atoms with E-state index in [4.69, 9.17) is 4.43 Å². The third-order valence-corrected chi connectivity index (χ3v) is 9.04. The Morgan fingerprint density at radius 3 is 2.16 bits per heavy atom. The van der Waals surface area contributed by atoms with Gasteiger partial charge in [-0.05, 0) is 42.5 Å². The van der Waals surface area contributed by atoms with E-state index < -0.39 is 8.32 Å². The highest BCUT2D eigenvalue weighted by Crippen LogP contribution is 2.37. The molecule has 0 amide bonds. The zero-order valence-corrected chi connectivity index (χ0v) is 14.5. The van der Waals surface area contributed by atoms with E-state index in [1.54, 1.807) is 0 Å². The average Bonchev–Trinajstić information content (AvgIpc) is 2.34. The molecule has 0 aliphatic heterocycles. The van der Waals surface area contributed by atoms with Gasteiger partial charge in [-0.15, -0.1) is 0 Å². The molecule has 1 aromatic carbocycles. The fourth-order valence-electron chi connectivity index (χ4n) is 2.00. The first-order valence-electron chi connectivity index (χ1n) is 7.47. The van der Waals surface area contributed by atoms with Gasteiger partial charge < -0.3 is 4.43 Å². The second kappa shape index (κ2) is 6.71. The van der Waals surface area contributed by atoms with Gasteiger partial charge >= 0.3 is 0 Å². The maximum atomic E-state index is 6.29. The summed E-state index contributed by atoms with van der Waals surface area (Å²) in [7, 11) is -1.59. The molecule has 0 heterocycles. The van der Waals surface area contributed by atoms with E-state index in [0.29, 0.717) is 11.0 Å². The summed E-state index contributed by atoms with van der Waals surface area (Å²) in [6.07, 6.45) is 2.32. The van der Waals surface area contributed by atoms with Crippen LogP contribution < -0.4 is 0 Å². The van der Waals surface area contributed by atoms with Crippen molar-refractivity contribution in [1.29, 1.82) is 0 Å². The van der Waals surface area contributed by atoms with Crippen LogP contribution in [0.2, 0.25) is 18.1 Å². The molecule has 1 rings (SSSR count). The molecular formula is C17H30OSi. The average molecular weight is 279 g/mol. The third kappa shape index (κ3) is 4.77. The van der Waals surface area contributed by atoms with Crippen LogP contribution in [0.4, 0.5) is 0 Å². The summed E-state index contributed by atoms with van der Waals surface area (Å²) < 4.78 is 6.29. The van der Waals surface area contributed by atoms with Crippen LogP contribution >= 0.6 is 0 Å². The summed E-state index contributed by atoms with van der Waals surface area (Å²) in [4.78, 5) is 0. The molecule has 0 bridgehead atoms. The first-order chi connectivity index (χ1) is 8.78. The summed E-state index contributed by atoms with van der Waals surface area (Å²) in [5.41, 5.74) is 1.45. The summed E-state index contributed by atoms with van der Waals surface area (Å²) >= 11 is 0. The highest BCUT2D eigenvalue weighted by molar-refractivity contribution is 6.74. The van der Waals surface area contributed by atoms with Gasteiger partial charge in [0.15, 0.2) is 8.32 Å². The predicted octanol–water partition coefficient (Wildman–Crippen LogP) is 5.59. The molecule has 0 spiro atoms. The van der Waals surface area contributed by atoms with Crippen molar-refractivity contribution in [2.45, 2.75) is 64.6 Å². The molecule has 1 atom stereocenters. The van der Waals surface area contributed by atoms with Crippen LogP contribution in [-0.2, 0) is 4.43 Å². The summed E-state index contributed by atoms with van der Waals surface area (Å²) in [5.74, 6) is 0.631. The lowest BCUT2D eigenvalue weighted by molar-refractivity contribution is 0.270. The second-order valence-corrected chi connectivity index (χ2v) is 11.7. The normalized spacial score (nSPS) is 14.4. The Kier molecular flexibility index (Phi) is 5.81. The molecule has 108 valence electrons. The van der Waals surface area contributed by atoms with Gasteiger partial charge in [0, 0.05) is 6.61 Å². The Morgan fingerprint density at radius 1 is 1.11 bits per heavy atom. The minimum atomic E-state index is -1.59. The Hall–Kier alpha value is -0.603. The van der Waals surface area contributed by atoms with Gasteiger partial charge in [0.1, 0.15) is 0 Å². The number of rotatable bonds is 6. The lowest BCUT2D eigenvalue weighted by Gasteiger charge is -2.36. The van der Waals surface area contributed by atoms with Crippen LogP contribution in [0.3, 0.4) is 0 Å². The van der Waals surface area contributed by atoms with Crippen molar-refractivity contribution in [2.75, 3.05) is 6.61 Å². The zero-order valence-electron chi connectivity index (χ0n) is 13.5. The van der Waals surface area contributed by atoms with Gasteiger partial charge in [0.25, 0.3) is 0 Å². The molecule has 0 fully saturated rings. The van der Waals surface area contributed by atoms with E-state index in [1.807, 2.05) is 0 Å². The summed E-state index contributed by atoms with van der Waals surface area (Å²) in [5, 5.41) is 0.307. The van der Waals surface area contributed by atoms with Gasteiger partial charge in [-0.2, -0.15) is 0 Å². The monoisotopic (exact) mass is 278 g/mol. The van der Waals surface area contributed by atoms with Gasteiger partial charge in [0.2, 0.25) is 0 Å². The lowest BCUT2D eigenvalue weighted by Crippen LogP contribution is -2.41. The van der Waals surface area contributed by atoms with Crippen LogP contribution in [0, 0.1) is 0 Å². The Labute approximate surface area is 120 Å². The SMILES string of the molecule is CCC(CCO[Si](C)(C)C(C)(C)C)c1ccccc1. The van der Waals surface area contributed by atoms with Crippen molar-refractivity contribution in [2.24, 2.45) is 0 Å². The molecule has 0 aliphatic rings. The van der Waals surface area contributed by atoms with Crippen molar-refractivity contribution in [1.82, 2.24) is 0 Å². The molecule has 0 saturated carbocycles. The summed E-state index contributed by atoms with van der Waals surface area (Å²) in [6, 6.07) is 10.8. The number of hydrogen-bond acceptors (Lipinski definition) is 1. The van der Waals surface area contributed by atoms with Gasteiger partial charge in [-0.3, -0.25) is 0 Å². The largest absolute Gasteiger partial charge is 0.417 e. The molecule has 0 radical (unpaired) electrons. The van der Waals surface area contributed by atoms with Crippen LogP contribution in [-0.4, -0.2) is 14.9 Å². The maximum Gasteiger partial charge on any atom is 0.191 e. The topological polar surface area (TPSA) is 9.23 Å². The van der Waals surface area contributed by atoms with E-state index in [0.717, 1.165) is 13.0 Å². The molecule has 0 aliphatic carbocycles. The quantitative estimate of drug-likeness (QED) is 0.616. The van der Waals surface area contributed by atoms with Crippen LogP contribution in [0.25, 0.3) is 0 Å². The summed E-state index contributed by atoms with van der Waals surface area (Å²) in [6.45, 7) is 14.7. The first kappa shape index (κ1) is 16.5. The van der Waals surface area contributed by atoms with Gasteiger partial charge in [0.05, 0.1) is 0 Å². The van der Waals surface area contributed by atoms with E-state index in [9.17, 15) is 0 Å². The van der Waals surface area contributed by atoms with Crippen LogP contribution in [0.5, 0.6) is 0 Å². The van der Waals surface area contributed by atoms with E-state index in [2.05, 4.69) is 71.1 Å². The number of benzene rings is 1. The number of hydrogen-bond donors (Lipinski definition) is 0. The molecule has 0 N–H and O–H groups in total. The Morgan fingerprint density at radius 2 is 1.68 bits per heavy atom. The maximum absolute atomic E-state index is 6.29. The fraction of sp³-hybridized carbons (Fsp3) is 0.647. The van der Waals surface area contributed by atoms with E-state index in [1.165, 1.54) is 12.0 Å². The van der Waals surface area contributed by atoms with Crippen LogP contribution in [0.1, 0.15) is 52.0 Å². The Bertz CT molecular complexity index is 365. The van der Waals surface area contributed by atoms with E-state index >= 15 is 0 Å². The molecule has 0 aromatic heterocycles. The zero-order chi connectivity index (χ0) is 14.5. The van der Waals surface area contributed by atoms with Gasteiger partial charge in [-0.25, -0.2) is 0 Å². The highest BCUT2D eigenvalue weighted by Gasteiger charge is 2.36. The van der Waals surface area contributed by atoms with Crippen molar-refractivity contribution >= 4 is 8.32 Å². The third-order valence-electron chi connectivity index (χ3n) is 4.50. The van der Waals surface area contributed by atoms with Crippen molar-refractivity contribution in [3.8, 4) is 0 Å². The molecule has 1 unspecified atom stereocenters. The standard InChI is InChI=1S/C17H30OSi/c1-7-15(16-11-9-8-10-12-16)13-14-18-19(5,6)17(2,3)4/h8-12,15H,7,13-14H2,1-6H3. The molecule has 1 nitrogen and oxygen atoms in total. The molecule has 19 heavy (non-hydrogen) atoms. The molecule has 0 saturated heterocycles. The minimum absolute atomic E-state index is 0.307. The molecule has 2 heteroatoms. The van der Waals surface area contributed by atoms with E-state index in [-0.39, 0.29) is 0 Å². The lowest BCUT2D eigenvalue weighted by atomic mass is 9.94. The first-order valence-corrected chi connectivity index (χ1v) is 10.4. The highest BCUT2D eigenvalue weighted by atomic mass is 28.4. The van der Waals surface area contributed by atoms with Crippen molar-refractivity contribution < 1.29 is 4.43 Å². The molecule has 1 aromatic rings. The second-order valence-electron chi connectivity index (χ2n) is 6.91. The van der Waals surface area contributed by atoms with Crippen molar-refractivity contribution in [3.05, 3.63) is 35.9 Å². The van der Waals surface area contributed by atoms with Crippen LogP contribution in [0.15, 0.2) is 30.3 Å². The minimum Gasteiger partial charge on any atom is -0.417 e. The Balaban J connectivity index is 2.52. The fourth-order valence-corrected chi connectivity index (χ4v) is 3.07.